The summed E-state index contributed by atoms with van der Waals surface area (Å²) < 4.78 is 5.39. The maximum atomic E-state index is 5.39. The maximum Gasteiger partial charge on any atom is 0.238 e. The first-order chi connectivity index (χ1) is 10.3. The molecule has 0 saturated carbocycles. The van der Waals surface area contributed by atoms with Crippen molar-refractivity contribution >= 4 is 0 Å². The second-order valence-corrected chi connectivity index (χ2v) is 4.86. The Balaban J connectivity index is 1.86. The molecule has 1 aromatic carbocycles. The Labute approximate surface area is 122 Å². The monoisotopic (exact) mass is 283 g/mol. The smallest absolute Gasteiger partial charge is 0.238 e. The Morgan fingerprint density at radius 3 is 2.71 bits per heavy atom. The molecule has 6 nitrogen and oxygen atoms in total. The summed E-state index contributed by atoms with van der Waals surface area (Å²) in [6.45, 7) is 2.06. The van der Waals surface area contributed by atoms with Crippen LogP contribution in [0.3, 0.4) is 0 Å². The van der Waals surface area contributed by atoms with Crippen LogP contribution in [0.1, 0.15) is 30.3 Å². The van der Waals surface area contributed by atoms with Crippen LogP contribution in [-0.4, -0.2) is 27.2 Å². The van der Waals surface area contributed by atoms with Crippen LogP contribution in [0.5, 0.6) is 0 Å². The number of aromatic amines is 1. The van der Waals surface area contributed by atoms with Gasteiger partial charge in [0.2, 0.25) is 11.7 Å². The number of likely N-dealkylation sites (N-methyl/N-ethyl adjacent to an activating group) is 1. The number of imidazole rings is 1. The summed E-state index contributed by atoms with van der Waals surface area (Å²) in [5.41, 5.74) is 1.19. The van der Waals surface area contributed by atoms with Crippen molar-refractivity contribution in [1.82, 2.24) is 25.4 Å². The maximum absolute atomic E-state index is 5.39. The van der Waals surface area contributed by atoms with E-state index >= 15 is 0 Å². The highest BCUT2D eigenvalue weighted by atomic mass is 16.5. The van der Waals surface area contributed by atoms with Gasteiger partial charge in [-0.3, -0.25) is 0 Å². The van der Waals surface area contributed by atoms with Gasteiger partial charge in [0.25, 0.3) is 0 Å². The van der Waals surface area contributed by atoms with Crippen molar-refractivity contribution in [2.75, 3.05) is 7.05 Å². The number of hydrogen-bond acceptors (Lipinski definition) is 5. The normalized spacial score (nSPS) is 14.0. The molecular formula is C15H17N5O. The van der Waals surface area contributed by atoms with Crippen LogP contribution in [0.15, 0.2) is 47.2 Å². The van der Waals surface area contributed by atoms with Crippen LogP contribution in [-0.2, 0) is 0 Å². The van der Waals surface area contributed by atoms with Gasteiger partial charge in [0.15, 0.2) is 5.82 Å². The molecule has 21 heavy (non-hydrogen) atoms. The van der Waals surface area contributed by atoms with E-state index in [4.69, 9.17) is 4.52 Å². The first-order valence-corrected chi connectivity index (χ1v) is 6.85. The fourth-order valence-electron chi connectivity index (χ4n) is 2.41. The van der Waals surface area contributed by atoms with E-state index in [-0.39, 0.29) is 12.0 Å². The lowest BCUT2D eigenvalue weighted by molar-refractivity contribution is 0.331. The van der Waals surface area contributed by atoms with Gasteiger partial charge in [-0.25, -0.2) is 4.98 Å². The van der Waals surface area contributed by atoms with Crippen molar-refractivity contribution in [3.8, 4) is 11.6 Å². The Morgan fingerprint density at radius 2 is 2.05 bits per heavy atom. The Morgan fingerprint density at radius 1 is 1.24 bits per heavy atom. The van der Waals surface area contributed by atoms with E-state index < -0.39 is 0 Å². The average molecular weight is 283 g/mol. The van der Waals surface area contributed by atoms with Gasteiger partial charge < -0.3 is 14.8 Å². The van der Waals surface area contributed by atoms with Gasteiger partial charge in [0, 0.05) is 18.4 Å². The van der Waals surface area contributed by atoms with Crippen molar-refractivity contribution in [3.05, 3.63) is 54.2 Å². The molecular weight excluding hydrogens is 266 g/mol. The number of H-pyrrole nitrogens is 1. The van der Waals surface area contributed by atoms with E-state index in [0.717, 1.165) is 0 Å². The predicted molar refractivity (Wildman–Crippen MR) is 78.5 cm³/mol. The standard InChI is InChI=1S/C15H17N5O/c1-10(12(16-2)11-6-4-3-5-7-11)15-19-14(20-21-15)13-17-8-9-18-13/h3-10,12,16H,1-2H3,(H,17,18). The fourth-order valence-corrected chi connectivity index (χ4v) is 2.41. The highest BCUT2D eigenvalue weighted by Gasteiger charge is 2.25. The topological polar surface area (TPSA) is 79.6 Å². The first-order valence-electron chi connectivity index (χ1n) is 6.85. The average Bonchev–Trinajstić information content (AvgIpc) is 3.20. The fraction of sp³-hybridized carbons (Fsp3) is 0.267. The van der Waals surface area contributed by atoms with Crippen molar-refractivity contribution in [3.63, 3.8) is 0 Å². The van der Waals surface area contributed by atoms with Crippen molar-refractivity contribution in [2.45, 2.75) is 18.9 Å². The third kappa shape index (κ3) is 2.71. The summed E-state index contributed by atoms with van der Waals surface area (Å²) >= 11 is 0. The molecule has 0 spiro atoms. The lowest BCUT2D eigenvalue weighted by Crippen LogP contribution is -2.22. The molecule has 6 heteroatoms. The molecule has 108 valence electrons. The van der Waals surface area contributed by atoms with E-state index in [9.17, 15) is 0 Å². The summed E-state index contributed by atoms with van der Waals surface area (Å²) in [6, 6.07) is 10.3. The zero-order chi connectivity index (χ0) is 14.7. The number of hydrogen-bond donors (Lipinski definition) is 2. The van der Waals surface area contributed by atoms with Crippen molar-refractivity contribution in [2.24, 2.45) is 0 Å². The Kier molecular flexibility index (Phi) is 3.79. The number of aromatic nitrogens is 4. The molecule has 0 fully saturated rings. The van der Waals surface area contributed by atoms with Gasteiger partial charge in [-0.1, -0.05) is 42.4 Å². The third-order valence-electron chi connectivity index (χ3n) is 3.51. The summed E-state index contributed by atoms with van der Waals surface area (Å²) in [5, 5.41) is 7.29. The molecule has 0 aliphatic rings. The number of nitrogens with one attached hydrogen (secondary N) is 2. The van der Waals surface area contributed by atoms with Gasteiger partial charge in [-0.15, -0.1) is 0 Å². The molecule has 3 aromatic rings. The number of benzene rings is 1. The van der Waals surface area contributed by atoms with Gasteiger partial charge in [-0.05, 0) is 12.6 Å². The summed E-state index contributed by atoms with van der Waals surface area (Å²) in [6.07, 6.45) is 3.39. The van der Waals surface area contributed by atoms with Crippen LogP contribution in [0, 0.1) is 0 Å². The largest absolute Gasteiger partial charge is 0.342 e. The molecule has 0 amide bonds. The van der Waals surface area contributed by atoms with E-state index in [1.165, 1.54) is 5.56 Å². The molecule has 2 N–H and O–H groups in total. The lowest BCUT2D eigenvalue weighted by Gasteiger charge is -2.21. The van der Waals surface area contributed by atoms with Gasteiger partial charge in [0.1, 0.15) is 0 Å². The van der Waals surface area contributed by atoms with E-state index in [2.05, 4.69) is 44.5 Å². The second-order valence-electron chi connectivity index (χ2n) is 4.86. The molecule has 2 aromatic heterocycles. The number of nitrogens with zero attached hydrogens (tertiary/aromatic N) is 3. The minimum Gasteiger partial charge on any atom is -0.342 e. The minimum absolute atomic E-state index is 0.0496. The quantitative estimate of drug-likeness (QED) is 0.752. The van der Waals surface area contributed by atoms with Crippen molar-refractivity contribution in [1.29, 1.82) is 0 Å². The lowest BCUT2D eigenvalue weighted by atomic mass is 9.94. The summed E-state index contributed by atoms with van der Waals surface area (Å²) in [7, 11) is 1.93. The summed E-state index contributed by atoms with van der Waals surface area (Å²) in [5.74, 6) is 1.72. The molecule has 0 bridgehead atoms. The predicted octanol–water partition coefficient (Wildman–Crippen LogP) is 2.52. The zero-order valence-corrected chi connectivity index (χ0v) is 11.9. The van der Waals surface area contributed by atoms with Crippen LogP contribution in [0.25, 0.3) is 11.6 Å². The molecule has 2 unspecified atom stereocenters. The second kappa shape index (κ2) is 5.88. The van der Waals surface area contributed by atoms with Gasteiger partial charge >= 0.3 is 0 Å². The highest BCUT2D eigenvalue weighted by Crippen LogP contribution is 2.29. The van der Waals surface area contributed by atoms with E-state index in [1.807, 2.05) is 25.2 Å². The third-order valence-corrected chi connectivity index (χ3v) is 3.51. The van der Waals surface area contributed by atoms with Crippen LogP contribution < -0.4 is 5.32 Å². The van der Waals surface area contributed by atoms with E-state index in [0.29, 0.717) is 17.5 Å². The van der Waals surface area contributed by atoms with Crippen LogP contribution in [0.4, 0.5) is 0 Å². The van der Waals surface area contributed by atoms with E-state index in [1.54, 1.807) is 12.4 Å². The SMILES string of the molecule is CNC(c1ccccc1)C(C)c1nc(-c2ncc[nH]2)no1. The molecule has 2 atom stereocenters. The Hall–Kier alpha value is -2.47. The summed E-state index contributed by atoms with van der Waals surface area (Å²) in [4.78, 5) is 11.5. The molecule has 0 saturated heterocycles. The molecule has 3 rings (SSSR count). The Bertz CT molecular complexity index is 677. The van der Waals surface area contributed by atoms with Gasteiger partial charge in [-0.2, -0.15) is 4.98 Å². The van der Waals surface area contributed by atoms with Crippen LogP contribution >= 0.6 is 0 Å². The molecule has 0 aliphatic carbocycles. The van der Waals surface area contributed by atoms with Gasteiger partial charge in [0.05, 0.1) is 5.92 Å². The zero-order valence-electron chi connectivity index (χ0n) is 11.9. The number of rotatable bonds is 5. The first kappa shape index (κ1) is 13.5. The molecule has 0 radical (unpaired) electrons. The highest BCUT2D eigenvalue weighted by molar-refractivity contribution is 5.41. The molecule has 2 heterocycles. The van der Waals surface area contributed by atoms with Crippen molar-refractivity contribution < 1.29 is 4.52 Å². The van der Waals surface area contributed by atoms with Crippen LogP contribution in [0.2, 0.25) is 0 Å². The molecule has 0 aliphatic heterocycles. The minimum atomic E-state index is 0.0496.